The lowest BCUT2D eigenvalue weighted by Crippen LogP contribution is -2.46. The Morgan fingerprint density at radius 1 is 0.967 bits per heavy atom. The van der Waals surface area contributed by atoms with Crippen molar-refractivity contribution >= 4 is 45.4 Å². The van der Waals surface area contributed by atoms with E-state index in [4.69, 9.17) is 0 Å². The summed E-state index contributed by atoms with van der Waals surface area (Å²) in [6.45, 7) is 7.71. The topological polar surface area (TPSA) is 26.8 Å². The zero-order valence-corrected chi connectivity index (χ0v) is 19.4. The maximum atomic E-state index is 12.6. The van der Waals surface area contributed by atoms with Gasteiger partial charge in [0, 0.05) is 61.0 Å². The molecule has 30 heavy (non-hydrogen) atoms. The third-order valence-electron chi connectivity index (χ3n) is 7.33. The number of fused-ring (bicyclic) bond motifs is 2. The molecule has 0 radical (unpaired) electrons. The largest absolute Gasteiger partial charge is 0.368 e. The number of amides is 1. The van der Waals surface area contributed by atoms with Gasteiger partial charge in [0.15, 0.2) is 0 Å². The average molecular weight is 448 g/mol. The third kappa shape index (κ3) is 4.49. The molecule has 3 heterocycles. The number of benzene rings is 1. The van der Waals surface area contributed by atoms with E-state index in [9.17, 15) is 4.79 Å². The van der Waals surface area contributed by atoms with Crippen molar-refractivity contribution in [2.75, 3.05) is 50.7 Å². The molecular weight excluding hydrogens is 414 g/mol. The van der Waals surface area contributed by atoms with E-state index in [1.54, 1.807) is 0 Å². The van der Waals surface area contributed by atoms with Crippen molar-refractivity contribution in [2.24, 2.45) is 11.8 Å². The van der Waals surface area contributed by atoms with Gasteiger partial charge in [-0.1, -0.05) is 18.9 Å². The maximum Gasteiger partial charge on any atom is 0.226 e. The molecule has 1 aromatic heterocycles. The molecule has 2 aliphatic heterocycles. The Morgan fingerprint density at radius 2 is 1.77 bits per heavy atom. The second-order valence-corrected chi connectivity index (χ2v) is 10.0. The molecule has 4 nitrogen and oxygen atoms in total. The number of carbonyl (C=O) groups excluding carboxylic acids is 1. The molecular formula is C24H34ClN3OS. The molecule has 164 valence electrons. The van der Waals surface area contributed by atoms with Crippen molar-refractivity contribution in [1.82, 2.24) is 9.80 Å². The van der Waals surface area contributed by atoms with Gasteiger partial charge in [0.05, 0.1) is 0 Å². The van der Waals surface area contributed by atoms with Crippen LogP contribution < -0.4 is 4.90 Å². The van der Waals surface area contributed by atoms with Crippen LogP contribution in [0.15, 0.2) is 29.6 Å². The van der Waals surface area contributed by atoms with Crippen LogP contribution in [0.25, 0.3) is 10.1 Å². The van der Waals surface area contributed by atoms with Crippen molar-refractivity contribution in [3.8, 4) is 0 Å². The Labute approximate surface area is 190 Å². The summed E-state index contributed by atoms with van der Waals surface area (Å²) >= 11 is 1.83. The molecule has 2 saturated heterocycles. The third-order valence-corrected chi connectivity index (χ3v) is 8.21. The second-order valence-electron chi connectivity index (χ2n) is 9.08. The van der Waals surface area contributed by atoms with Crippen LogP contribution in [0.1, 0.15) is 38.5 Å². The van der Waals surface area contributed by atoms with Gasteiger partial charge in [-0.25, -0.2) is 0 Å². The molecule has 1 amide bonds. The molecule has 1 aromatic carbocycles. The number of thiophene rings is 1. The van der Waals surface area contributed by atoms with Crippen LogP contribution in [-0.2, 0) is 4.79 Å². The molecule has 0 spiro atoms. The molecule has 0 N–H and O–H groups in total. The quantitative estimate of drug-likeness (QED) is 0.591. The van der Waals surface area contributed by atoms with E-state index in [1.165, 1.54) is 48.0 Å². The molecule has 3 fully saturated rings. The summed E-state index contributed by atoms with van der Waals surface area (Å²) in [5.41, 5.74) is 1.40. The van der Waals surface area contributed by atoms with E-state index in [0.717, 1.165) is 52.1 Å². The Balaban J connectivity index is 0.00000218. The number of hydrogen-bond donors (Lipinski definition) is 0. The number of halogens is 1. The van der Waals surface area contributed by atoms with Gasteiger partial charge in [-0.3, -0.25) is 9.69 Å². The highest BCUT2D eigenvalue weighted by Crippen LogP contribution is 2.37. The standard InChI is InChI=1S/C24H33N3OS.ClH/c28-24-20-7-2-1-6-19(20)18-27(24)12-4-3-11-25-13-15-26(16-14-25)22-8-5-9-23-21(22)10-17-29-23;/h5,8-10,17,19-20H,1-4,6-7,11-16,18H2;1H. The van der Waals surface area contributed by atoms with Crippen molar-refractivity contribution < 1.29 is 4.79 Å². The lowest BCUT2D eigenvalue weighted by molar-refractivity contribution is -0.131. The Hall–Kier alpha value is -1.30. The van der Waals surface area contributed by atoms with Gasteiger partial charge >= 0.3 is 0 Å². The first-order chi connectivity index (χ1) is 14.3. The van der Waals surface area contributed by atoms with Crippen LogP contribution in [0.2, 0.25) is 0 Å². The molecule has 2 unspecified atom stereocenters. The first-order valence-electron chi connectivity index (χ1n) is 11.5. The van der Waals surface area contributed by atoms with E-state index >= 15 is 0 Å². The van der Waals surface area contributed by atoms with Crippen LogP contribution >= 0.6 is 23.7 Å². The number of carbonyl (C=O) groups is 1. The summed E-state index contributed by atoms with van der Waals surface area (Å²) in [6.07, 6.45) is 7.36. The molecule has 1 aliphatic carbocycles. The van der Waals surface area contributed by atoms with E-state index in [0.29, 0.717) is 17.7 Å². The van der Waals surface area contributed by atoms with E-state index < -0.39 is 0 Å². The van der Waals surface area contributed by atoms with Crippen molar-refractivity contribution in [3.05, 3.63) is 29.6 Å². The molecule has 6 heteroatoms. The number of nitrogens with zero attached hydrogens (tertiary/aromatic N) is 3. The van der Waals surface area contributed by atoms with E-state index in [-0.39, 0.29) is 12.4 Å². The van der Waals surface area contributed by atoms with Gasteiger partial charge in [-0.2, -0.15) is 0 Å². The van der Waals surface area contributed by atoms with Gasteiger partial charge in [0.1, 0.15) is 0 Å². The van der Waals surface area contributed by atoms with Crippen molar-refractivity contribution in [2.45, 2.75) is 38.5 Å². The fraction of sp³-hybridized carbons (Fsp3) is 0.625. The Bertz CT molecular complexity index is 848. The minimum Gasteiger partial charge on any atom is -0.368 e. The molecule has 5 rings (SSSR count). The summed E-state index contributed by atoms with van der Waals surface area (Å²) in [6, 6.07) is 8.95. The van der Waals surface area contributed by atoms with Crippen molar-refractivity contribution in [3.63, 3.8) is 0 Å². The first-order valence-corrected chi connectivity index (χ1v) is 12.4. The summed E-state index contributed by atoms with van der Waals surface area (Å²) in [7, 11) is 0. The van der Waals surface area contributed by atoms with Crippen LogP contribution in [0.3, 0.4) is 0 Å². The van der Waals surface area contributed by atoms with Gasteiger partial charge < -0.3 is 9.80 Å². The van der Waals surface area contributed by atoms with Gasteiger partial charge in [0.2, 0.25) is 5.91 Å². The van der Waals surface area contributed by atoms with Crippen LogP contribution in [0.5, 0.6) is 0 Å². The predicted molar refractivity (Wildman–Crippen MR) is 129 cm³/mol. The predicted octanol–water partition coefficient (Wildman–Crippen LogP) is 4.87. The van der Waals surface area contributed by atoms with E-state index in [1.807, 2.05) is 11.3 Å². The second kappa shape index (κ2) is 9.88. The van der Waals surface area contributed by atoms with Crippen LogP contribution in [0.4, 0.5) is 5.69 Å². The fourth-order valence-electron chi connectivity index (χ4n) is 5.66. The highest BCUT2D eigenvalue weighted by molar-refractivity contribution is 7.17. The number of unbranched alkanes of at least 4 members (excludes halogenated alkanes) is 1. The maximum absolute atomic E-state index is 12.6. The number of piperazine rings is 1. The monoisotopic (exact) mass is 447 g/mol. The molecule has 2 atom stereocenters. The lowest BCUT2D eigenvalue weighted by Gasteiger charge is -2.36. The Morgan fingerprint density at radius 3 is 2.60 bits per heavy atom. The number of rotatable bonds is 6. The smallest absolute Gasteiger partial charge is 0.226 e. The molecule has 1 saturated carbocycles. The zero-order chi connectivity index (χ0) is 19.6. The minimum absolute atomic E-state index is 0. The minimum atomic E-state index is 0. The SMILES string of the molecule is Cl.O=C1C2CCCCC2CN1CCCCN1CCN(c2cccc3sccc23)CC1. The number of anilines is 1. The number of likely N-dealkylation sites (tertiary alicyclic amines) is 1. The van der Waals surface area contributed by atoms with Crippen LogP contribution in [-0.4, -0.2) is 61.5 Å². The highest BCUT2D eigenvalue weighted by atomic mass is 35.5. The molecule has 0 bridgehead atoms. The zero-order valence-electron chi connectivity index (χ0n) is 17.8. The fourth-order valence-corrected chi connectivity index (χ4v) is 6.47. The summed E-state index contributed by atoms with van der Waals surface area (Å²) in [5.74, 6) is 1.49. The Kier molecular flexibility index (Phi) is 7.22. The number of hydrogen-bond acceptors (Lipinski definition) is 4. The summed E-state index contributed by atoms with van der Waals surface area (Å²) in [4.78, 5) is 19.9. The van der Waals surface area contributed by atoms with E-state index in [2.05, 4.69) is 44.3 Å². The molecule has 2 aromatic rings. The average Bonchev–Trinajstić information content (AvgIpc) is 3.37. The summed E-state index contributed by atoms with van der Waals surface area (Å²) in [5, 5.41) is 3.60. The van der Waals surface area contributed by atoms with Crippen LogP contribution in [0, 0.1) is 11.8 Å². The van der Waals surface area contributed by atoms with Gasteiger partial charge in [0.25, 0.3) is 0 Å². The van der Waals surface area contributed by atoms with Gasteiger partial charge in [-0.15, -0.1) is 23.7 Å². The van der Waals surface area contributed by atoms with Crippen molar-refractivity contribution in [1.29, 1.82) is 0 Å². The summed E-state index contributed by atoms with van der Waals surface area (Å²) < 4.78 is 1.39. The first kappa shape index (κ1) is 21.9. The lowest BCUT2D eigenvalue weighted by atomic mass is 9.81. The molecule has 3 aliphatic rings. The van der Waals surface area contributed by atoms with Gasteiger partial charge in [-0.05, 0) is 61.7 Å². The highest BCUT2D eigenvalue weighted by Gasteiger charge is 2.40. The normalized spacial score (nSPS) is 24.9.